The van der Waals surface area contributed by atoms with Gasteiger partial charge in [-0.3, -0.25) is 0 Å². The SMILES string of the molecule is CC1(CNCCCC(F)(F)F)CCCC1. The summed E-state index contributed by atoms with van der Waals surface area (Å²) < 4.78 is 35.5. The fourth-order valence-corrected chi connectivity index (χ4v) is 2.21. The first kappa shape index (κ1) is 12.8. The van der Waals surface area contributed by atoms with E-state index >= 15 is 0 Å². The molecule has 0 atom stereocenters. The van der Waals surface area contributed by atoms with Crippen LogP contribution in [0, 0.1) is 5.41 Å². The topological polar surface area (TPSA) is 12.0 Å². The van der Waals surface area contributed by atoms with Gasteiger partial charge in [0.05, 0.1) is 0 Å². The lowest BCUT2D eigenvalue weighted by Crippen LogP contribution is -2.30. The molecule has 1 rings (SSSR count). The van der Waals surface area contributed by atoms with Crippen LogP contribution in [-0.4, -0.2) is 19.3 Å². The van der Waals surface area contributed by atoms with Crippen molar-refractivity contribution in [2.24, 2.45) is 5.41 Å². The van der Waals surface area contributed by atoms with Gasteiger partial charge < -0.3 is 5.32 Å². The third-order valence-corrected chi connectivity index (χ3v) is 3.18. The molecule has 0 radical (unpaired) electrons. The lowest BCUT2D eigenvalue weighted by atomic mass is 9.89. The molecule has 0 aromatic rings. The van der Waals surface area contributed by atoms with Gasteiger partial charge in [-0.1, -0.05) is 19.8 Å². The average Bonchev–Trinajstić information content (AvgIpc) is 2.50. The molecule has 1 saturated carbocycles. The van der Waals surface area contributed by atoms with Gasteiger partial charge in [-0.15, -0.1) is 0 Å². The first-order valence-electron chi connectivity index (χ1n) is 5.69. The molecule has 1 fully saturated rings. The second-order valence-electron chi connectivity index (χ2n) is 4.91. The molecule has 4 heteroatoms. The van der Waals surface area contributed by atoms with Crippen LogP contribution in [0.5, 0.6) is 0 Å². The molecule has 0 amide bonds. The fraction of sp³-hybridized carbons (Fsp3) is 1.00. The van der Waals surface area contributed by atoms with Crippen LogP contribution in [0.4, 0.5) is 13.2 Å². The summed E-state index contributed by atoms with van der Waals surface area (Å²) >= 11 is 0. The summed E-state index contributed by atoms with van der Waals surface area (Å²) in [6.45, 7) is 3.57. The predicted molar refractivity (Wildman–Crippen MR) is 54.7 cm³/mol. The average molecular weight is 223 g/mol. The molecule has 15 heavy (non-hydrogen) atoms. The lowest BCUT2D eigenvalue weighted by molar-refractivity contribution is -0.135. The Kier molecular flexibility index (Phi) is 4.44. The third kappa shape index (κ3) is 5.40. The Labute approximate surface area is 89.4 Å². The Morgan fingerprint density at radius 1 is 1.20 bits per heavy atom. The van der Waals surface area contributed by atoms with Crippen LogP contribution >= 0.6 is 0 Å². The Morgan fingerprint density at radius 2 is 1.80 bits per heavy atom. The molecular formula is C11H20F3N. The van der Waals surface area contributed by atoms with E-state index < -0.39 is 12.6 Å². The summed E-state index contributed by atoms with van der Waals surface area (Å²) in [7, 11) is 0. The summed E-state index contributed by atoms with van der Waals surface area (Å²) in [4.78, 5) is 0. The first-order chi connectivity index (χ1) is 6.91. The van der Waals surface area contributed by atoms with Gasteiger partial charge in [0.2, 0.25) is 0 Å². The van der Waals surface area contributed by atoms with Gasteiger partial charge >= 0.3 is 6.18 Å². The van der Waals surface area contributed by atoms with Crippen molar-refractivity contribution in [3.8, 4) is 0 Å². The van der Waals surface area contributed by atoms with E-state index in [1.807, 2.05) is 0 Å². The largest absolute Gasteiger partial charge is 0.389 e. The van der Waals surface area contributed by atoms with E-state index in [9.17, 15) is 13.2 Å². The normalized spacial score (nSPS) is 20.8. The second kappa shape index (κ2) is 5.19. The number of hydrogen-bond donors (Lipinski definition) is 1. The van der Waals surface area contributed by atoms with Crippen molar-refractivity contribution in [3.05, 3.63) is 0 Å². The van der Waals surface area contributed by atoms with E-state index in [1.54, 1.807) is 0 Å². The van der Waals surface area contributed by atoms with Crippen molar-refractivity contribution in [2.75, 3.05) is 13.1 Å². The van der Waals surface area contributed by atoms with Crippen LogP contribution in [0.15, 0.2) is 0 Å². The molecule has 1 aliphatic carbocycles. The Morgan fingerprint density at radius 3 is 2.33 bits per heavy atom. The molecule has 1 aliphatic rings. The maximum absolute atomic E-state index is 11.8. The first-order valence-corrected chi connectivity index (χ1v) is 5.69. The number of rotatable bonds is 5. The number of hydrogen-bond acceptors (Lipinski definition) is 1. The van der Waals surface area contributed by atoms with Gasteiger partial charge in [0.1, 0.15) is 0 Å². The minimum atomic E-state index is -4.00. The standard InChI is InChI=1S/C11H20F3N/c1-10(5-2-3-6-10)9-15-8-4-7-11(12,13)14/h15H,2-9H2,1H3. The summed E-state index contributed by atoms with van der Waals surface area (Å²) in [6, 6.07) is 0. The minimum Gasteiger partial charge on any atom is -0.316 e. The molecule has 0 aromatic heterocycles. The van der Waals surface area contributed by atoms with E-state index in [4.69, 9.17) is 0 Å². The maximum atomic E-state index is 11.8. The fourth-order valence-electron chi connectivity index (χ4n) is 2.21. The maximum Gasteiger partial charge on any atom is 0.389 e. The van der Waals surface area contributed by atoms with Crippen molar-refractivity contribution in [2.45, 2.75) is 51.6 Å². The van der Waals surface area contributed by atoms with Gasteiger partial charge in [0.25, 0.3) is 0 Å². The zero-order chi connectivity index (χ0) is 11.4. The van der Waals surface area contributed by atoms with Crippen LogP contribution in [0.3, 0.4) is 0 Å². The van der Waals surface area contributed by atoms with Gasteiger partial charge in [-0.2, -0.15) is 13.2 Å². The highest BCUT2D eigenvalue weighted by Gasteiger charge is 2.28. The van der Waals surface area contributed by atoms with E-state index in [2.05, 4.69) is 12.2 Å². The molecule has 0 spiro atoms. The van der Waals surface area contributed by atoms with Gasteiger partial charge in [-0.25, -0.2) is 0 Å². The number of alkyl halides is 3. The monoisotopic (exact) mass is 223 g/mol. The van der Waals surface area contributed by atoms with Crippen molar-refractivity contribution in [1.29, 1.82) is 0 Å². The van der Waals surface area contributed by atoms with Crippen LogP contribution in [-0.2, 0) is 0 Å². The molecule has 0 heterocycles. The highest BCUT2D eigenvalue weighted by molar-refractivity contribution is 4.82. The van der Waals surface area contributed by atoms with Gasteiger partial charge in [0, 0.05) is 13.0 Å². The second-order valence-corrected chi connectivity index (χ2v) is 4.91. The van der Waals surface area contributed by atoms with Crippen LogP contribution in [0.2, 0.25) is 0 Å². The van der Waals surface area contributed by atoms with Crippen molar-refractivity contribution >= 4 is 0 Å². The molecule has 0 bridgehead atoms. The highest BCUT2D eigenvalue weighted by Crippen LogP contribution is 2.36. The zero-order valence-electron chi connectivity index (χ0n) is 9.29. The molecule has 90 valence electrons. The molecule has 0 saturated heterocycles. The summed E-state index contributed by atoms with van der Waals surface area (Å²) in [6.07, 6.45) is 0.467. The molecule has 1 N–H and O–H groups in total. The third-order valence-electron chi connectivity index (χ3n) is 3.18. The van der Waals surface area contributed by atoms with Crippen molar-refractivity contribution in [1.82, 2.24) is 5.32 Å². The van der Waals surface area contributed by atoms with E-state index in [0.717, 1.165) is 6.54 Å². The van der Waals surface area contributed by atoms with E-state index in [1.165, 1.54) is 25.7 Å². The van der Waals surface area contributed by atoms with Crippen molar-refractivity contribution < 1.29 is 13.2 Å². The molecule has 0 aliphatic heterocycles. The summed E-state index contributed by atoms with van der Waals surface area (Å²) in [5.74, 6) is 0. The number of halogens is 3. The molecule has 0 unspecified atom stereocenters. The smallest absolute Gasteiger partial charge is 0.316 e. The minimum absolute atomic E-state index is 0.194. The quantitative estimate of drug-likeness (QED) is 0.703. The zero-order valence-corrected chi connectivity index (χ0v) is 9.29. The lowest BCUT2D eigenvalue weighted by Gasteiger charge is -2.23. The van der Waals surface area contributed by atoms with Crippen LogP contribution in [0.1, 0.15) is 45.4 Å². The van der Waals surface area contributed by atoms with Gasteiger partial charge in [0.15, 0.2) is 0 Å². The van der Waals surface area contributed by atoms with Crippen LogP contribution in [0.25, 0.3) is 0 Å². The van der Waals surface area contributed by atoms with E-state index in [0.29, 0.717) is 12.0 Å². The summed E-state index contributed by atoms with van der Waals surface area (Å²) in [5, 5.41) is 3.14. The van der Waals surface area contributed by atoms with Crippen LogP contribution < -0.4 is 5.32 Å². The summed E-state index contributed by atoms with van der Waals surface area (Å²) in [5.41, 5.74) is 0.332. The van der Waals surface area contributed by atoms with Crippen molar-refractivity contribution in [3.63, 3.8) is 0 Å². The molecule has 1 nitrogen and oxygen atoms in total. The Bertz CT molecular complexity index is 183. The Hall–Kier alpha value is -0.250. The highest BCUT2D eigenvalue weighted by atomic mass is 19.4. The number of nitrogens with one attached hydrogen (secondary N) is 1. The van der Waals surface area contributed by atoms with Gasteiger partial charge in [-0.05, 0) is 31.2 Å². The Balaban J connectivity index is 2.02. The predicted octanol–water partition coefficient (Wildman–Crippen LogP) is 3.50. The van der Waals surface area contributed by atoms with E-state index in [-0.39, 0.29) is 6.42 Å². The molecular weight excluding hydrogens is 203 g/mol. The molecule has 0 aromatic carbocycles.